The number of hydrogen-bond acceptors (Lipinski definition) is 4. The van der Waals surface area contributed by atoms with Gasteiger partial charge >= 0.3 is 0 Å². The third-order valence-electron chi connectivity index (χ3n) is 4.65. The van der Waals surface area contributed by atoms with Gasteiger partial charge in [0.15, 0.2) is 0 Å². The Labute approximate surface area is 203 Å². The Bertz CT molecular complexity index is 1080. The third kappa shape index (κ3) is 7.00. The lowest BCUT2D eigenvalue weighted by atomic mass is 10.1. The minimum absolute atomic E-state index is 0.0906. The number of rotatable bonds is 9. The van der Waals surface area contributed by atoms with Crippen LogP contribution in [-0.2, 0) is 26.2 Å². The number of hydrogen-bond donors (Lipinski definition) is 1. The maximum Gasteiger partial charge on any atom is 0.244 e. The minimum Gasteiger partial charge on any atom is -0.355 e. The summed E-state index contributed by atoms with van der Waals surface area (Å²) in [6.07, 6.45) is 0.986. The fourth-order valence-electron chi connectivity index (χ4n) is 2.94. The summed E-state index contributed by atoms with van der Waals surface area (Å²) in [5.41, 5.74) is 0.923. The quantitative estimate of drug-likeness (QED) is 0.542. The van der Waals surface area contributed by atoms with Crippen molar-refractivity contribution in [1.29, 1.82) is 0 Å². The number of nitrogens with one attached hydrogen (secondary N) is 1. The van der Waals surface area contributed by atoms with Gasteiger partial charge in [-0.2, -0.15) is 0 Å². The molecule has 0 aliphatic rings. The summed E-state index contributed by atoms with van der Waals surface area (Å²) in [6.45, 7) is 3.32. The number of benzene rings is 2. The Morgan fingerprint density at radius 1 is 1.03 bits per heavy atom. The van der Waals surface area contributed by atoms with E-state index in [-0.39, 0.29) is 28.2 Å². The van der Waals surface area contributed by atoms with Crippen molar-refractivity contribution in [2.24, 2.45) is 0 Å². The summed E-state index contributed by atoms with van der Waals surface area (Å²) < 4.78 is 25.9. The second-order valence-corrected chi connectivity index (χ2v) is 10.2. The van der Waals surface area contributed by atoms with E-state index in [2.05, 4.69) is 5.32 Å². The van der Waals surface area contributed by atoms with Crippen molar-refractivity contribution < 1.29 is 18.0 Å². The lowest BCUT2D eigenvalue weighted by Crippen LogP contribution is -2.51. The van der Waals surface area contributed by atoms with Crippen LogP contribution in [0.25, 0.3) is 0 Å². The predicted molar refractivity (Wildman–Crippen MR) is 129 cm³/mol. The number of carbonyl (C=O) groups is 2. The number of anilines is 1. The zero-order chi connectivity index (χ0) is 24.1. The molecule has 0 aliphatic heterocycles. The molecule has 1 atom stereocenters. The van der Waals surface area contributed by atoms with Gasteiger partial charge in [-0.05, 0) is 49.7 Å². The molecule has 32 heavy (non-hydrogen) atoms. The van der Waals surface area contributed by atoms with E-state index in [0.717, 1.165) is 16.1 Å². The third-order valence-corrected chi connectivity index (χ3v) is 6.79. The molecule has 11 heteroatoms. The number of amides is 2. The first-order valence-electron chi connectivity index (χ1n) is 9.68. The van der Waals surface area contributed by atoms with Crippen LogP contribution >= 0.6 is 34.8 Å². The van der Waals surface area contributed by atoms with Crippen molar-refractivity contribution in [3.05, 3.63) is 63.1 Å². The van der Waals surface area contributed by atoms with Gasteiger partial charge in [0.2, 0.25) is 21.8 Å². The molecule has 2 aromatic carbocycles. The van der Waals surface area contributed by atoms with Crippen LogP contribution in [0.3, 0.4) is 0 Å². The van der Waals surface area contributed by atoms with Gasteiger partial charge in [-0.1, -0.05) is 46.9 Å². The van der Waals surface area contributed by atoms with E-state index in [4.69, 9.17) is 34.8 Å². The molecule has 0 unspecified atom stereocenters. The van der Waals surface area contributed by atoms with E-state index in [1.54, 1.807) is 38.1 Å². The van der Waals surface area contributed by atoms with Gasteiger partial charge in [-0.15, -0.1) is 0 Å². The number of nitrogens with zero attached hydrogens (tertiary/aromatic N) is 2. The van der Waals surface area contributed by atoms with Gasteiger partial charge in [-0.3, -0.25) is 13.9 Å². The van der Waals surface area contributed by atoms with Crippen LogP contribution in [0.15, 0.2) is 42.5 Å². The molecule has 0 aromatic heterocycles. The van der Waals surface area contributed by atoms with Crippen LogP contribution in [0, 0.1) is 0 Å². The topological polar surface area (TPSA) is 86.8 Å². The largest absolute Gasteiger partial charge is 0.355 e. The number of sulfonamides is 1. The van der Waals surface area contributed by atoms with Crippen LogP contribution < -0.4 is 9.62 Å². The summed E-state index contributed by atoms with van der Waals surface area (Å²) in [7, 11) is -3.84. The molecule has 2 amide bonds. The lowest BCUT2D eigenvalue weighted by Gasteiger charge is -2.31. The van der Waals surface area contributed by atoms with Gasteiger partial charge in [-0.25, -0.2) is 8.42 Å². The molecule has 174 valence electrons. The lowest BCUT2D eigenvalue weighted by molar-refractivity contribution is -0.139. The number of likely N-dealkylation sites (N-methyl/N-ethyl adjacent to an activating group) is 1. The first kappa shape index (κ1) is 26.3. The molecule has 0 aliphatic carbocycles. The Kier molecular flexibility index (Phi) is 9.21. The second-order valence-electron chi connectivity index (χ2n) is 7.09. The Morgan fingerprint density at radius 3 is 2.19 bits per heavy atom. The van der Waals surface area contributed by atoms with E-state index in [9.17, 15) is 18.0 Å². The molecule has 2 rings (SSSR count). The zero-order valence-corrected chi connectivity index (χ0v) is 20.9. The van der Waals surface area contributed by atoms with Crippen molar-refractivity contribution in [2.45, 2.75) is 26.4 Å². The molecule has 0 bridgehead atoms. The van der Waals surface area contributed by atoms with Crippen molar-refractivity contribution in [2.75, 3.05) is 23.7 Å². The van der Waals surface area contributed by atoms with Gasteiger partial charge in [0.05, 0.1) is 22.0 Å². The van der Waals surface area contributed by atoms with E-state index >= 15 is 0 Å². The summed E-state index contributed by atoms with van der Waals surface area (Å²) in [5.74, 6) is -0.912. The Balaban J connectivity index is 2.39. The maximum absolute atomic E-state index is 13.3. The van der Waals surface area contributed by atoms with Crippen LogP contribution in [0.5, 0.6) is 0 Å². The molecule has 0 saturated heterocycles. The Hall–Kier alpha value is -2.00. The highest BCUT2D eigenvalue weighted by Crippen LogP contribution is 2.28. The number of carbonyl (C=O) groups excluding carboxylic acids is 2. The highest BCUT2D eigenvalue weighted by molar-refractivity contribution is 7.92. The molecule has 0 heterocycles. The van der Waals surface area contributed by atoms with Crippen molar-refractivity contribution in [3.8, 4) is 0 Å². The highest BCUT2D eigenvalue weighted by Gasteiger charge is 2.30. The van der Waals surface area contributed by atoms with Crippen LogP contribution in [0.4, 0.5) is 5.69 Å². The molecule has 7 nitrogen and oxygen atoms in total. The second kappa shape index (κ2) is 11.2. The SMILES string of the molecule is CCNC(=O)[C@@H](C)N(Cc1ccc(Cl)cc1)C(=O)CN(c1ccc(Cl)c(Cl)c1)S(C)(=O)=O. The summed E-state index contributed by atoms with van der Waals surface area (Å²) in [6, 6.07) is 10.3. The summed E-state index contributed by atoms with van der Waals surface area (Å²) in [4.78, 5) is 27.1. The average Bonchev–Trinajstić information content (AvgIpc) is 2.72. The fourth-order valence-corrected chi connectivity index (χ4v) is 4.20. The average molecular weight is 521 g/mol. The maximum atomic E-state index is 13.3. The Morgan fingerprint density at radius 2 is 1.66 bits per heavy atom. The standard InChI is InChI=1S/C21H24Cl3N3O4S/c1-4-25-21(29)14(2)26(12-15-5-7-16(22)8-6-15)20(28)13-27(32(3,30)31)17-9-10-18(23)19(24)11-17/h5-11,14H,4,12-13H2,1-3H3,(H,25,29)/t14-/m1/s1. The van der Waals surface area contributed by atoms with Gasteiger partial charge in [0.25, 0.3) is 0 Å². The monoisotopic (exact) mass is 519 g/mol. The minimum atomic E-state index is -3.84. The zero-order valence-electron chi connectivity index (χ0n) is 17.8. The van der Waals surface area contributed by atoms with Crippen molar-refractivity contribution in [3.63, 3.8) is 0 Å². The molecule has 0 spiro atoms. The highest BCUT2D eigenvalue weighted by atomic mass is 35.5. The van der Waals surface area contributed by atoms with Crippen LogP contribution in [0.1, 0.15) is 19.4 Å². The number of halogens is 3. The molecule has 0 radical (unpaired) electrons. The van der Waals surface area contributed by atoms with E-state index in [0.29, 0.717) is 11.6 Å². The molecular formula is C21H24Cl3N3O4S. The van der Waals surface area contributed by atoms with Crippen molar-refractivity contribution >= 4 is 62.3 Å². The summed E-state index contributed by atoms with van der Waals surface area (Å²) >= 11 is 17.9. The molecular weight excluding hydrogens is 497 g/mol. The molecule has 0 fully saturated rings. The molecule has 2 aromatic rings. The van der Waals surface area contributed by atoms with E-state index in [1.807, 2.05) is 0 Å². The van der Waals surface area contributed by atoms with Gasteiger partial charge in [0.1, 0.15) is 12.6 Å². The first-order chi connectivity index (χ1) is 14.9. The molecule has 1 N–H and O–H groups in total. The molecule has 0 saturated carbocycles. The van der Waals surface area contributed by atoms with Gasteiger partial charge < -0.3 is 10.2 Å². The summed E-state index contributed by atoms with van der Waals surface area (Å²) in [5, 5.41) is 3.63. The van der Waals surface area contributed by atoms with E-state index in [1.165, 1.54) is 23.1 Å². The smallest absolute Gasteiger partial charge is 0.244 e. The fraction of sp³-hybridized carbons (Fsp3) is 0.333. The van der Waals surface area contributed by atoms with Crippen LogP contribution in [0.2, 0.25) is 15.1 Å². The van der Waals surface area contributed by atoms with Crippen LogP contribution in [-0.4, -0.2) is 50.5 Å². The van der Waals surface area contributed by atoms with Crippen molar-refractivity contribution in [1.82, 2.24) is 10.2 Å². The normalized spacial score (nSPS) is 12.2. The predicted octanol–water partition coefficient (Wildman–Crippen LogP) is 3.97. The van der Waals surface area contributed by atoms with Gasteiger partial charge in [0, 0.05) is 18.1 Å². The first-order valence-corrected chi connectivity index (χ1v) is 12.7. The van der Waals surface area contributed by atoms with E-state index < -0.39 is 28.5 Å².